The highest BCUT2D eigenvalue weighted by atomic mass is 32.2. The Bertz CT molecular complexity index is 976. The molecule has 0 amide bonds. The van der Waals surface area contributed by atoms with Gasteiger partial charge in [-0.25, -0.2) is 8.42 Å². The van der Waals surface area contributed by atoms with Crippen molar-refractivity contribution in [3.8, 4) is 11.4 Å². The molecule has 4 rings (SSSR count). The van der Waals surface area contributed by atoms with Crippen molar-refractivity contribution in [2.45, 2.75) is 11.0 Å². The molecule has 1 unspecified atom stereocenters. The largest absolute Gasteiger partial charge is 0.366 e. The fourth-order valence-corrected chi connectivity index (χ4v) is 4.16. The van der Waals surface area contributed by atoms with Crippen molar-refractivity contribution in [2.24, 2.45) is 0 Å². The summed E-state index contributed by atoms with van der Waals surface area (Å²) in [6, 6.07) is 11.9. The first-order valence-corrected chi connectivity index (χ1v) is 9.49. The van der Waals surface area contributed by atoms with E-state index in [1.807, 2.05) is 6.07 Å². The van der Waals surface area contributed by atoms with E-state index >= 15 is 0 Å². The summed E-state index contributed by atoms with van der Waals surface area (Å²) in [5.74, 6) is 0.636. The van der Waals surface area contributed by atoms with Gasteiger partial charge in [0.2, 0.25) is 15.8 Å². The Hall–Kier alpha value is -2.62. The minimum absolute atomic E-state index is 0.117. The summed E-state index contributed by atoms with van der Waals surface area (Å²) in [6.07, 6.45) is 2.67. The SMILES string of the molecule is O=S(=O)(c1ccccc1)N1CCOC(c2nc(-c3cccnc3)no2)C1. The second kappa shape index (κ2) is 6.94. The van der Waals surface area contributed by atoms with Crippen LogP contribution in [-0.4, -0.2) is 47.5 Å². The zero-order chi connectivity index (χ0) is 18.0. The molecule has 3 aromatic rings. The third-order valence-electron chi connectivity index (χ3n) is 4.05. The third-order valence-corrected chi connectivity index (χ3v) is 5.93. The van der Waals surface area contributed by atoms with E-state index in [9.17, 15) is 8.42 Å². The van der Waals surface area contributed by atoms with Crippen molar-refractivity contribution < 1.29 is 17.7 Å². The van der Waals surface area contributed by atoms with Crippen molar-refractivity contribution in [3.63, 3.8) is 0 Å². The third kappa shape index (κ3) is 3.24. The highest BCUT2D eigenvalue weighted by molar-refractivity contribution is 7.89. The van der Waals surface area contributed by atoms with E-state index in [4.69, 9.17) is 9.26 Å². The fourth-order valence-electron chi connectivity index (χ4n) is 2.71. The van der Waals surface area contributed by atoms with Gasteiger partial charge in [0.1, 0.15) is 0 Å². The van der Waals surface area contributed by atoms with Crippen LogP contribution in [0.25, 0.3) is 11.4 Å². The second-order valence-corrected chi connectivity index (χ2v) is 7.67. The number of rotatable bonds is 4. The first kappa shape index (κ1) is 16.8. The maximum atomic E-state index is 12.8. The van der Waals surface area contributed by atoms with Gasteiger partial charge in [-0.2, -0.15) is 9.29 Å². The highest BCUT2D eigenvalue weighted by Gasteiger charge is 2.34. The number of pyridine rings is 1. The lowest BCUT2D eigenvalue weighted by Crippen LogP contribution is -2.42. The molecule has 0 spiro atoms. The van der Waals surface area contributed by atoms with Gasteiger partial charge in [0.15, 0.2) is 6.10 Å². The predicted molar refractivity (Wildman–Crippen MR) is 91.4 cm³/mol. The molecule has 0 N–H and O–H groups in total. The van der Waals surface area contributed by atoms with Crippen molar-refractivity contribution >= 4 is 10.0 Å². The number of nitrogens with zero attached hydrogens (tertiary/aromatic N) is 4. The van der Waals surface area contributed by atoms with Crippen LogP contribution in [0.3, 0.4) is 0 Å². The maximum absolute atomic E-state index is 12.8. The van der Waals surface area contributed by atoms with Crippen LogP contribution in [0.2, 0.25) is 0 Å². The molecule has 0 bridgehead atoms. The van der Waals surface area contributed by atoms with Gasteiger partial charge in [-0.05, 0) is 24.3 Å². The van der Waals surface area contributed by atoms with Gasteiger partial charge >= 0.3 is 0 Å². The lowest BCUT2D eigenvalue weighted by Gasteiger charge is -2.30. The zero-order valence-electron chi connectivity index (χ0n) is 13.7. The van der Waals surface area contributed by atoms with Gasteiger partial charge in [-0.1, -0.05) is 23.4 Å². The number of hydrogen-bond acceptors (Lipinski definition) is 7. The van der Waals surface area contributed by atoms with E-state index in [0.717, 1.165) is 0 Å². The molecule has 1 saturated heterocycles. The van der Waals surface area contributed by atoms with Gasteiger partial charge in [0, 0.05) is 31.0 Å². The molecule has 1 atom stereocenters. The van der Waals surface area contributed by atoms with Crippen molar-refractivity contribution in [1.82, 2.24) is 19.4 Å². The van der Waals surface area contributed by atoms with Gasteiger partial charge in [-0.3, -0.25) is 4.98 Å². The van der Waals surface area contributed by atoms with Crippen molar-refractivity contribution in [3.05, 3.63) is 60.7 Å². The normalized spacial score (nSPS) is 18.7. The van der Waals surface area contributed by atoms with Crippen molar-refractivity contribution in [1.29, 1.82) is 0 Å². The maximum Gasteiger partial charge on any atom is 0.257 e. The van der Waals surface area contributed by atoms with E-state index in [0.29, 0.717) is 11.4 Å². The highest BCUT2D eigenvalue weighted by Crippen LogP contribution is 2.27. The van der Waals surface area contributed by atoms with Crippen LogP contribution in [0.15, 0.2) is 64.3 Å². The van der Waals surface area contributed by atoms with Crippen LogP contribution >= 0.6 is 0 Å². The molecule has 0 aliphatic carbocycles. The average molecular weight is 372 g/mol. The molecule has 134 valence electrons. The van der Waals surface area contributed by atoms with E-state index in [2.05, 4.69) is 15.1 Å². The van der Waals surface area contributed by atoms with Crippen LogP contribution < -0.4 is 0 Å². The minimum atomic E-state index is -3.59. The number of hydrogen-bond donors (Lipinski definition) is 0. The van der Waals surface area contributed by atoms with E-state index in [1.165, 1.54) is 4.31 Å². The number of benzene rings is 1. The minimum Gasteiger partial charge on any atom is -0.366 e. The fraction of sp³-hybridized carbons (Fsp3) is 0.235. The summed E-state index contributed by atoms with van der Waals surface area (Å²) < 4.78 is 37.9. The summed E-state index contributed by atoms with van der Waals surface area (Å²) in [6.45, 7) is 0.643. The molecule has 9 heteroatoms. The van der Waals surface area contributed by atoms with Crippen LogP contribution in [0.1, 0.15) is 12.0 Å². The van der Waals surface area contributed by atoms with Gasteiger partial charge in [0.05, 0.1) is 11.5 Å². The van der Waals surface area contributed by atoms with Crippen LogP contribution in [0.4, 0.5) is 0 Å². The van der Waals surface area contributed by atoms with Crippen molar-refractivity contribution in [2.75, 3.05) is 19.7 Å². The van der Waals surface area contributed by atoms with Gasteiger partial charge in [-0.15, -0.1) is 0 Å². The molecule has 1 aromatic carbocycles. The van der Waals surface area contributed by atoms with E-state index in [1.54, 1.807) is 48.8 Å². The molecule has 1 fully saturated rings. The number of sulfonamides is 1. The Balaban J connectivity index is 1.55. The smallest absolute Gasteiger partial charge is 0.257 e. The number of morpholine rings is 1. The molecule has 2 aromatic heterocycles. The first-order valence-electron chi connectivity index (χ1n) is 8.05. The molecule has 0 radical (unpaired) electrons. The lowest BCUT2D eigenvalue weighted by molar-refractivity contribution is -0.0199. The Morgan fingerprint density at radius 2 is 1.96 bits per heavy atom. The quantitative estimate of drug-likeness (QED) is 0.690. The average Bonchev–Trinajstić information content (AvgIpc) is 3.20. The Kier molecular flexibility index (Phi) is 4.49. The molecule has 1 aliphatic rings. The monoisotopic (exact) mass is 372 g/mol. The molecule has 3 heterocycles. The predicted octanol–water partition coefficient (Wildman–Crippen LogP) is 1.89. The summed E-state index contributed by atoms with van der Waals surface area (Å²) in [7, 11) is -3.59. The second-order valence-electron chi connectivity index (χ2n) is 5.73. The Morgan fingerprint density at radius 3 is 2.73 bits per heavy atom. The summed E-state index contributed by atoms with van der Waals surface area (Å²) in [5, 5.41) is 3.93. The van der Waals surface area contributed by atoms with E-state index in [-0.39, 0.29) is 30.5 Å². The summed E-state index contributed by atoms with van der Waals surface area (Å²) >= 11 is 0. The molecular weight excluding hydrogens is 356 g/mol. The molecule has 8 nitrogen and oxygen atoms in total. The number of aromatic nitrogens is 3. The number of ether oxygens (including phenoxy) is 1. The molecule has 0 saturated carbocycles. The standard InChI is InChI=1S/C17H16N4O4S/c22-26(23,14-6-2-1-3-7-14)21-9-10-24-15(12-21)17-19-16(20-25-17)13-5-4-8-18-11-13/h1-8,11,15H,9-10,12H2. The summed E-state index contributed by atoms with van der Waals surface area (Å²) in [4.78, 5) is 8.60. The Morgan fingerprint density at radius 1 is 1.12 bits per heavy atom. The van der Waals surface area contributed by atoms with E-state index < -0.39 is 16.1 Å². The molecular formula is C17H16N4O4S. The van der Waals surface area contributed by atoms with Gasteiger partial charge in [0.25, 0.3) is 5.89 Å². The van der Waals surface area contributed by atoms with Gasteiger partial charge < -0.3 is 9.26 Å². The topological polar surface area (TPSA) is 98.4 Å². The van der Waals surface area contributed by atoms with Crippen LogP contribution in [0, 0.1) is 0 Å². The van der Waals surface area contributed by atoms with Crippen LogP contribution in [0.5, 0.6) is 0 Å². The molecule has 26 heavy (non-hydrogen) atoms. The van der Waals surface area contributed by atoms with Crippen LogP contribution in [-0.2, 0) is 14.8 Å². The summed E-state index contributed by atoms with van der Waals surface area (Å²) in [5.41, 5.74) is 0.715. The lowest BCUT2D eigenvalue weighted by atomic mass is 10.2. The molecule has 1 aliphatic heterocycles. The zero-order valence-corrected chi connectivity index (χ0v) is 14.5. The Labute approximate surface area is 150 Å². The first-order chi connectivity index (χ1) is 12.6.